The number of thiophene rings is 1. The first-order chi connectivity index (χ1) is 12.4. The highest BCUT2D eigenvalue weighted by molar-refractivity contribution is 7.14. The Labute approximate surface area is 152 Å². The van der Waals surface area contributed by atoms with Crippen molar-refractivity contribution in [3.8, 4) is 5.75 Å². The highest BCUT2D eigenvalue weighted by Gasteiger charge is 2.20. The second-order valence-electron chi connectivity index (χ2n) is 5.76. The maximum absolute atomic E-state index is 12.6. The maximum Gasteiger partial charge on any atom is 0.341 e. The van der Waals surface area contributed by atoms with Gasteiger partial charge in [0.25, 0.3) is 5.91 Å². The van der Waals surface area contributed by atoms with Crippen molar-refractivity contribution in [2.45, 2.75) is 20.0 Å². The molecular weight excluding hydrogens is 356 g/mol. The van der Waals surface area contributed by atoms with Crippen molar-refractivity contribution in [2.24, 2.45) is 0 Å². The van der Waals surface area contributed by atoms with Crippen molar-refractivity contribution in [3.63, 3.8) is 0 Å². The number of hydrogen-bond acceptors (Lipinski definition) is 7. The number of hydrogen-bond donors (Lipinski definition) is 3. The van der Waals surface area contributed by atoms with Crippen LogP contribution in [0.3, 0.4) is 0 Å². The molecule has 0 saturated carbocycles. The fourth-order valence-corrected chi connectivity index (χ4v) is 3.10. The molecule has 0 unspecified atom stereocenters. The molecule has 1 aromatic carbocycles. The van der Waals surface area contributed by atoms with Gasteiger partial charge in [-0.1, -0.05) is 12.1 Å². The van der Waals surface area contributed by atoms with Gasteiger partial charge in [-0.25, -0.2) is 4.79 Å². The summed E-state index contributed by atoms with van der Waals surface area (Å²) in [5.74, 6) is -1.24. The Kier molecular flexibility index (Phi) is 4.77. The van der Waals surface area contributed by atoms with Crippen LogP contribution in [-0.4, -0.2) is 23.1 Å². The number of aromatic hydroxyl groups is 1. The van der Waals surface area contributed by atoms with Crippen molar-refractivity contribution < 1.29 is 23.8 Å². The van der Waals surface area contributed by atoms with Crippen LogP contribution in [0, 0.1) is 5.41 Å². The van der Waals surface area contributed by atoms with Gasteiger partial charge in [0.05, 0.1) is 11.7 Å². The minimum atomic E-state index is -0.593. The zero-order chi connectivity index (χ0) is 18.8. The molecule has 0 atom stereocenters. The number of rotatable bonds is 4. The fraction of sp³-hybridized carbons (Fsp3) is 0.167. The van der Waals surface area contributed by atoms with Crippen LogP contribution in [0.25, 0.3) is 11.0 Å². The number of carbonyl (C=O) groups is 2. The Morgan fingerprint density at radius 1 is 1.27 bits per heavy atom. The van der Waals surface area contributed by atoms with Crippen molar-refractivity contribution in [3.05, 3.63) is 52.4 Å². The zero-order valence-corrected chi connectivity index (χ0v) is 14.8. The summed E-state index contributed by atoms with van der Waals surface area (Å²) in [6.45, 7) is 3.47. The SMILES string of the molecule is CC(C)OC(=O)c1ccsc1NC(=O)c1cc2cccc(O)c2oc1=N. The van der Waals surface area contributed by atoms with Gasteiger partial charge in [-0.2, -0.15) is 0 Å². The number of phenolic OH excluding ortho intramolecular Hbond substituents is 1. The van der Waals surface area contributed by atoms with Crippen LogP contribution in [0.4, 0.5) is 5.00 Å². The summed E-state index contributed by atoms with van der Waals surface area (Å²) in [6, 6.07) is 7.72. The van der Waals surface area contributed by atoms with Gasteiger partial charge in [0.1, 0.15) is 10.6 Å². The first-order valence-electron chi connectivity index (χ1n) is 7.77. The molecule has 3 N–H and O–H groups in total. The quantitative estimate of drug-likeness (QED) is 0.607. The number of carbonyl (C=O) groups excluding carboxylic acids is 2. The second kappa shape index (κ2) is 7.01. The van der Waals surface area contributed by atoms with Gasteiger partial charge in [-0.3, -0.25) is 10.2 Å². The Morgan fingerprint density at radius 2 is 2.04 bits per heavy atom. The molecule has 0 fully saturated rings. The molecule has 3 aromatic rings. The molecule has 2 heterocycles. The van der Waals surface area contributed by atoms with E-state index in [9.17, 15) is 14.7 Å². The number of ether oxygens (including phenoxy) is 1. The van der Waals surface area contributed by atoms with E-state index < -0.39 is 11.9 Å². The van der Waals surface area contributed by atoms with Crippen LogP contribution in [-0.2, 0) is 4.74 Å². The van der Waals surface area contributed by atoms with Crippen LogP contribution < -0.4 is 10.9 Å². The van der Waals surface area contributed by atoms with E-state index >= 15 is 0 Å². The van der Waals surface area contributed by atoms with E-state index in [0.29, 0.717) is 10.4 Å². The molecule has 134 valence electrons. The predicted molar refractivity (Wildman–Crippen MR) is 96.6 cm³/mol. The molecule has 3 rings (SSSR count). The third kappa shape index (κ3) is 3.45. The lowest BCUT2D eigenvalue weighted by Gasteiger charge is -2.09. The fourth-order valence-electron chi connectivity index (χ4n) is 2.33. The number of fused-ring (bicyclic) bond motifs is 1. The third-order valence-corrected chi connectivity index (χ3v) is 4.30. The molecule has 7 nitrogen and oxygen atoms in total. The van der Waals surface area contributed by atoms with Gasteiger partial charge in [0.15, 0.2) is 11.3 Å². The molecule has 1 amide bonds. The minimum absolute atomic E-state index is 0.0142. The third-order valence-electron chi connectivity index (χ3n) is 3.47. The molecule has 0 spiro atoms. The largest absolute Gasteiger partial charge is 0.504 e. The van der Waals surface area contributed by atoms with Crippen LogP contribution in [0.15, 0.2) is 40.1 Å². The zero-order valence-electron chi connectivity index (χ0n) is 14.0. The number of nitrogens with one attached hydrogen (secondary N) is 2. The molecule has 2 aromatic heterocycles. The highest BCUT2D eigenvalue weighted by Crippen LogP contribution is 2.26. The molecule has 0 radical (unpaired) electrons. The van der Waals surface area contributed by atoms with E-state index in [1.165, 1.54) is 23.5 Å². The van der Waals surface area contributed by atoms with E-state index in [0.717, 1.165) is 0 Å². The summed E-state index contributed by atoms with van der Waals surface area (Å²) in [5, 5.41) is 22.8. The van der Waals surface area contributed by atoms with Crippen molar-refractivity contribution in [2.75, 3.05) is 5.32 Å². The number of phenols is 1. The topological polar surface area (TPSA) is 113 Å². The van der Waals surface area contributed by atoms with E-state index in [-0.39, 0.29) is 34.1 Å². The summed E-state index contributed by atoms with van der Waals surface area (Å²) in [5.41, 5.74) is -0.0237. The Morgan fingerprint density at radius 3 is 2.77 bits per heavy atom. The number of esters is 1. The first kappa shape index (κ1) is 17.7. The average molecular weight is 372 g/mol. The lowest BCUT2D eigenvalue weighted by molar-refractivity contribution is 0.0379. The van der Waals surface area contributed by atoms with Crippen molar-refractivity contribution in [1.29, 1.82) is 5.41 Å². The average Bonchev–Trinajstić information content (AvgIpc) is 3.02. The van der Waals surface area contributed by atoms with Crippen LogP contribution in [0.5, 0.6) is 5.75 Å². The molecular formula is C18H16N2O5S. The Balaban J connectivity index is 1.91. The lowest BCUT2D eigenvalue weighted by Crippen LogP contribution is -2.21. The monoisotopic (exact) mass is 372 g/mol. The summed E-state index contributed by atoms with van der Waals surface area (Å²) in [7, 11) is 0. The number of amides is 1. The van der Waals surface area contributed by atoms with E-state index in [1.54, 1.807) is 37.4 Å². The normalized spacial score (nSPS) is 10.9. The van der Waals surface area contributed by atoms with Gasteiger partial charge in [0.2, 0.25) is 5.55 Å². The standard InChI is InChI=1S/C18H16N2O5S/c1-9(2)24-18(23)11-6-7-26-17(11)20-16(22)12-8-10-4-3-5-13(21)14(10)25-15(12)19/h3-9,19,21H,1-2H3,(H,20,22). The smallest absolute Gasteiger partial charge is 0.341 e. The lowest BCUT2D eigenvalue weighted by atomic mass is 10.1. The Hall–Kier alpha value is -3.13. The molecule has 8 heteroatoms. The molecule has 0 aliphatic rings. The number of benzene rings is 1. The van der Waals surface area contributed by atoms with Gasteiger partial charge >= 0.3 is 5.97 Å². The highest BCUT2D eigenvalue weighted by atomic mass is 32.1. The second-order valence-corrected chi connectivity index (χ2v) is 6.67. The van der Waals surface area contributed by atoms with Gasteiger partial charge in [-0.05, 0) is 37.4 Å². The summed E-state index contributed by atoms with van der Waals surface area (Å²) < 4.78 is 10.4. The summed E-state index contributed by atoms with van der Waals surface area (Å²) in [6.07, 6.45) is -0.280. The predicted octanol–water partition coefficient (Wildman–Crippen LogP) is 3.50. The molecule has 0 aliphatic heterocycles. The summed E-state index contributed by atoms with van der Waals surface area (Å²) >= 11 is 1.18. The van der Waals surface area contributed by atoms with Crippen LogP contribution >= 0.6 is 11.3 Å². The molecule has 0 saturated heterocycles. The van der Waals surface area contributed by atoms with Crippen LogP contribution in [0.1, 0.15) is 34.6 Å². The minimum Gasteiger partial charge on any atom is -0.504 e. The van der Waals surface area contributed by atoms with E-state index in [2.05, 4.69) is 5.32 Å². The van der Waals surface area contributed by atoms with E-state index in [4.69, 9.17) is 14.6 Å². The summed E-state index contributed by atoms with van der Waals surface area (Å²) in [4.78, 5) is 24.6. The molecule has 0 bridgehead atoms. The van der Waals surface area contributed by atoms with Crippen molar-refractivity contribution in [1.82, 2.24) is 0 Å². The molecule has 26 heavy (non-hydrogen) atoms. The number of anilines is 1. The van der Waals surface area contributed by atoms with Gasteiger partial charge in [0, 0.05) is 5.39 Å². The van der Waals surface area contributed by atoms with Gasteiger partial charge in [-0.15, -0.1) is 11.3 Å². The number of para-hydroxylation sites is 1. The maximum atomic E-state index is 12.6. The molecule has 0 aliphatic carbocycles. The van der Waals surface area contributed by atoms with Crippen LogP contribution in [0.2, 0.25) is 0 Å². The Bertz CT molecular complexity index is 1050. The van der Waals surface area contributed by atoms with Crippen molar-refractivity contribution >= 4 is 39.2 Å². The van der Waals surface area contributed by atoms with E-state index in [1.807, 2.05) is 0 Å². The first-order valence-corrected chi connectivity index (χ1v) is 8.65. The van der Waals surface area contributed by atoms with Gasteiger partial charge < -0.3 is 19.6 Å².